The van der Waals surface area contributed by atoms with Crippen LogP contribution < -0.4 is 0 Å². The van der Waals surface area contributed by atoms with Gasteiger partial charge in [-0.2, -0.15) is 17.7 Å². The Hall–Kier alpha value is 0.254. The van der Waals surface area contributed by atoms with Gasteiger partial charge in [-0.15, -0.1) is 12.1 Å². The fourth-order valence-corrected chi connectivity index (χ4v) is 5.10. The van der Waals surface area contributed by atoms with Gasteiger partial charge in [0, 0.05) is 38.5 Å². The fourth-order valence-electron chi connectivity index (χ4n) is 5.10. The quantitative estimate of drug-likeness (QED) is 0.346. The molecule has 2 aliphatic rings. The summed E-state index contributed by atoms with van der Waals surface area (Å²) in [7, 11) is 0. The maximum atomic E-state index is 13.1. The fraction of sp³-hybridized carbons (Fsp3) is 0.739. The van der Waals surface area contributed by atoms with Crippen LogP contribution in [-0.2, 0) is 39.1 Å². The predicted octanol–water partition coefficient (Wildman–Crippen LogP) is 6.97. The van der Waals surface area contributed by atoms with Crippen LogP contribution >= 0.6 is 0 Å². The van der Waals surface area contributed by atoms with E-state index in [9.17, 15) is 4.39 Å². The minimum absolute atomic E-state index is 0. The molecule has 2 aliphatic carbocycles. The molecule has 137 valence electrons. The van der Waals surface area contributed by atoms with Gasteiger partial charge in [-0.25, -0.2) is 4.39 Å². The van der Waals surface area contributed by atoms with Crippen LogP contribution in [0.15, 0.2) is 18.2 Å². The van der Waals surface area contributed by atoms with Crippen LogP contribution in [0.3, 0.4) is 0 Å². The van der Waals surface area contributed by atoms with Gasteiger partial charge in [0.1, 0.15) is 0 Å². The molecule has 1 radical (unpaired) electrons. The maximum absolute atomic E-state index is 13.1. The Kier molecular flexibility index (Phi) is 9.64. The normalized spacial score (nSPS) is 29.8. The Morgan fingerprint density at radius 1 is 0.960 bits per heavy atom. The van der Waals surface area contributed by atoms with E-state index >= 15 is 0 Å². The van der Waals surface area contributed by atoms with E-state index in [1.165, 1.54) is 70.6 Å². The number of aryl methyl sites for hydroxylation is 1. The largest absolute Gasteiger partial charge is 0.236 e. The van der Waals surface area contributed by atoms with Gasteiger partial charge in [0.25, 0.3) is 0 Å². The molecule has 0 N–H and O–H groups in total. The van der Waals surface area contributed by atoms with Gasteiger partial charge < -0.3 is 0 Å². The summed E-state index contributed by atoms with van der Waals surface area (Å²) in [5.41, 5.74) is 1.13. The molecule has 2 heteroatoms. The smallest absolute Gasteiger partial charge is 0.0111 e. The van der Waals surface area contributed by atoms with E-state index in [1.807, 2.05) is 6.07 Å². The zero-order valence-electron chi connectivity index (χ0n) is 16.0. The Balaban J connectivity index is 0.00000225. The van der Waals surface area contributed by atoms with Crippen molar-refractivity contribution in [3.05, 3.63) is 35.6 Å². The zero-order valence-corrected chi connectivity index (χ0v) is 18.8. The summed E-state index contributed by atoms with van der Waals surface area (Å²) in [5.74, 6) is 3.81. The van der Waals surface area contributed by atoms with Crippen molar-refractivity contribution in [2.45, 2.75) is 84.0 Å². The number of rotatable bonds is 6. The molecule has 0 nitrogen and oxygen atoms in total. The maximum Gasteiger partial charge on any atom is 0.0111 e. The molecule has 0 bridgehead atoms. The summed E-state index contributed by atoms with van der Waals surface area (Å²) in [4.78, 5) is 0. The third-order valence-electron chi connectivity index (χ3n) is 6.78. The first-order chi connectivity index (χ1) is 11.7. The minimum atomic E-state index is -0.220. The molecular weight excluding hydrogens is 384 g/mol. The van der Waals surface area contributed by atoms with Crippen LogP contribution in [0, 0.1) is 35.6 Å². The van der Waals surface area contributed by atoms with Crippen LogP contribution in [0.1, 0.15) is 83.1 Å². The molecular formula is C23H34FY-. The summed E-state index contributed by atoms with van der Waals surface area (Å²) < 4.78 is 13.1. The summed E-state index contributed by atoms with van der Waals surface area (Å²) in [6, 6.07) is 7.92. The van der Waals surface area contributed by atoms with Gasteiger partial charge in [-0.3, -0.25) is 0 Å². The van der Waals surface area contributed by atoms with Crippen LogP contribution in [0.5, 0.6) is 0 Å². The van der Waals surface area contributed by atoms with Gasteiger partial charge >= 0.3 is 0 Å². The van der Waals surface area contributed by atoms with Crippen molar-refractivity contribution in [3.63, 3.8) is 0 Å². The minimum Gasteiger partial charge on any atom is -0.236 e. The van der Waals surface area contributed by atoms with Crippen LogP contribution in [-0.4, -0.2) is 0 Å². The SMILES string of the molecule is CC1CCC(C2CCC(CCCCc3cc[c-]c(F)c3)CC2)CC1.[Y]. The molecule has 0 atom stereocenters. The molecule has 0 spiro atoms. The number of halogens is 1. The molecule has 0 saturated heterocycles. The van der Waals surface area contributed by atoms with E-state index in [0.717, 1.165) is 35.7 Å². The Morgan fingerprint density at radius 2 is 1.60 bits per heavy atom. The predicted molar refractivity (Wildman–Crippen MR) is 99.4 cm³/mol. The first-order valence-corrected chi connectivity index (χ1v) is 10.4. The second kappa shape index (κ2) is 11.2. The molecule has 0 amide bonds. The van der Waals surface area contributed by atoms with Crippen LogP contribution in [0.4, 0.5) is 4.39 Å². The second-order valence-corrected chi connectivity index (χ2v) is 8.59. The van der Waals surface area contributed by atoms with E-state index in [-0.39, 0.29) is 38.5 Å². The summed E-state index contributed by atoms with van der Waals surface area (Å²) in [6.45, 7) is 2.43. The van der Waals surface area contributed by atoms with E-state index in [0.29, 0.717) is 0 Å². The Bertz CT molecular complexity index is 485. The molecule has 0 unspecified atom stereocenters. The molecule has 3 rings (SSSR count). The van der Waals surface area contributed by atoms with Crippen molar-refractivity contribution in [1.29, 1.82) is 0 Å². The summed E-state index contributed by atoms with van der Waals surface area (Å²) in [5, 5.41) is 0. The second-order valence-electron chi connectivity index (χ2n) is 8.59. The van der Waals surface area contributed by atoms with Crippen molar-refractivity contribution in [2.24, 2.45) is 23.7 Å². The average molecular weight is 418 g/mol. The van der Waals surface area contributed by atoms with Gasteiger partial charge in [-0.05, 0) is 49.4 Å². The number of hydrogen-bond donors (Lipinski definition) is 0. The van der Waals surface area contributed by atoms with Gasteiger partial charge in [0.05, 0.1) is 0 Å². The third-order valence-corrected chi connectivity index (χ3v) is 6.78. The van der Waals surface area contributed by atoms with Crippen LogP contribution in [0.25, 0.3) is 0 Å². The molecule has 25 heavy (non-hydrogen) atoms. The molecule has 2 saturated carbocycles. The first-order valence-electron chi connectivity index (χ1n) is 10.4. The zero-order chi connectivity index (χ0) is 16.8. The van der Waals surface area contributed by atoms with Crippen molar-refractivity contribution in [3.8, 4) is 0 Å². The van der Waals surface area contributed by atoms with E-state index < -0.39 is 0 Å². The molecule has 1 aromatic rings. The van der Waals surface area contributed by atoms with Gasteiger partial charge in [-0.1, -0.05) is 58.3 Å². The third kappa shape index (κ3) is 7.06. The number of unbranched alkanes of at least 4 members (excludes halogenated alkanes) is 1. The summed E-state index contributed by atoms with van der Waals surface area (Å²) >= 11 is 0. The number of hydrogen-bond acceptors (Lipinski definition) is 0. The monoisotopic (exact) mass is 418 g/mol. The van der Waals surface area contributed by atoms with Crippen molar-refractivity contribution >= 4 is 0 Å². The molecule has 0 aliphatic heterocycles. The standard InChI is InChI=1S/C23H34F.Y/c1-18-9-13-21(14-10-18)22-15-11-19(12-16-22)5-2-3-6-20-7-4-8-23(24)17-20;/h4,7,17-19,21-22H,2-3,5-6,9-16H2,1H3;/q-1;. The van der Waals surface area contributed by atoms with Crippen molar-refractivity contribution in [2.75, 3.05) is 0 Å². The Labute approximate surface area is 179 Å². The molecule has 2 fully saturated rings. The van der Waals surface area contributed by atoms with E-state index in [2.05, 4.69) is 13.0 Å². The van der Waals surface area contributed by atoms with Crippen molar-refractivity contribution in [1.82, 2.24) is 0 Å². The first kappa shape index (κ1) is 21.6. The van der Waals surface area contributed by atoms with Gasteiger partial charge in [0.15, 0.2) is 0 Å². The average Bonchev–Trinajstić information content (AvgIpc) is 2.60. The number of benzene rings is 1. The molecule has 0 aromatic heterocycles. The van der Waals surface area contributed by atoms with Crippen molar-refractivity contribution < 1.29 is 37.1 Å². The Morgan fingerprint density at radius 3 is 2.24 bits per heavy atom. The van der Waals surface area contributed by atoms with E-state index in [1.54, 1.807) is 12.1 Å². The molecule has 0 heterocycles. The van der Waals surface area contributed by atoms with E-state index in [4.69, 9.17) is 0 Å². The molecule has 1 aromatic carbocycles. The van der Waals surface area contributed by atoms with Crippen LogP contribution in [0.2, 0.25) is 0 Å². The van der Waals surface area contributed by atoms with Gasteiger partial charge in [0.2, 0.25) is 0 Å². The topological polar surface area (TPSA) is 0 Å². The summed E-state index contributed by atoms with van der Waals surface area (Å²) in [6.07, 6.45) is 16.8.